The first-order valence-electron chi connectivity index (χ1n) is 10.9. The third-order valence-corrected chi connectivity index (χ3v) is 5.23. The summed E-state index contributed by atoms with van der Waals surface area (Å²) in [5, 5.41) is 6.37. The number of para-hydroxylation sites is 1. The van der Waals surface area contributed by atoms with Crippen molar-refractivity contribution in [2.75, 3.05) is 11.9 Å². The van der Waals surface area contributed by atoms with Gasteiger partial charge in [0.2, 0.25) is 11.8 Å². The zero-order chi connectivity index (χ0) is 25.0. The molecule has 0 fully saturated rings. The van der Waals surface area contributed by atoms with Crippen molar-refractivity contribution in [2.45, 2.75) is 26.4 Å². The van der Waals surface area contributed by atoms with Gasteiger partial charge in [0.1, 0.15) is 12.4 Å². The van der Waals surface area contributed by atoms with Gasteiger partial charge in [0, 0.05) is 17.3 Å². The molecule has 182 valence electrons. The monoisotopic (exact) mass is 541 g/mol. The lowest BCUT2D eigenvalue weighted by molar-refractivity contribution is -0.124. The molecule has 3 aromatic rings. The minimum Gasteiger partial charge on any atom is -0.490 e. The second kappa shape index (κ2) is 13.2. The van der Waals surface area contributed by atoms with Gasteiger partial charge in [-0.2, -0.15) is 5.10 Å². The number of hydrogen-bond acceptors (Lipinski definition) is 5. The van der Waals surface area contributed by atoms with Crippen LogP contribution in [0.1, 0.15) is 30.9 Å². The molecule has 0 saturated heterocycles. The summed E-state index contributed by atoms with van der Waals surface area (Å²) in [6.07, 6.45) is 1.28. The van der Waals surface area contributed by atoms with Crippen molar-refractivity contribution in [3.8, 4) is 11.5 Å². The van der Waals surface area contributed by atoms with Crippen LogP contribution in [-0.2, 0) is 16.2 Å². The second-order valence-electron chi connectivity index (χ2n) is 7.38. The zero-order valence-electron chi connectivity index (χ0n) is 19.1. The molecule has 0 aliphatic carbocycles. The van der Waals surface area contributed by atoms with Gasteiger partial charge in [-0.15, -0.1) is 0 Å². The minimum absolute atomic E-state index is 0.0744. The van der Waals surface area contributed by atoms with Gasteiger partial charge in [-0.3, -0.25) is 9.59 Å². The number of ether oxygens (including phenoxy) is 2. The number of rotatable bonds is 11. The number of hydrogen-bond donors (Lipinski definition) is 2. The number of amides is 2. The predicted molar refractivity (Wildman–Crippen MR) is 136 cm³/mol. The molecule has 7 nitrogen and oxygen atoms in total. The Balaban J connectivity index is 1.49. The van der Waals surface area contributed by atoms with Crippen LogP contribution in [0.25, 0.3) is 0 Å². The SMILES string of the molecule is CCOc1cc(C=NNC(=O)CCC(=O)Nc2ccccc2F)ccc1OCc1ccc(Br)cc1. The maximum Gasteiger partial charge on any atom is 0.240 e. The van der Waals surface area contributed by atoms with E-state index in [0.29, 0.717) is 30.3 Å². The fourth-order valence-corrected chi connectivity index (χ4v) is 3.24. The lowest BCUT2D eigenvalue weighted by atomic mass is 10.2. The van der Waals surface area contributed by atoms with E-state index in [1.54, 1.807) is 24.3 Å². The Kier molecular flexibility index (Phi) is 9.80. The molecule has 0 aromatic heterocycles. The van der Waals surface area contributed by atoms with Crippen LogP contribution in [-0.4, -0.2) is 24.6 Å². The van der Waals surface area contributed by atoms with Gasteiger partial charge in [-0.05, 0) is 60.5 Å². The third-order valence-electron chi connectivity index (χ3n) is 4.71. The quantitative estimate of drug-likeness (QED) is 0.250. The Hall–Kier alpha value is -3.72. The predicted octanol–water partition coefficient (Wildman–Crippen LogP) is 5.43. The van der Waals surface area contributed by atoms with Crippen LogP contribution in [0.15, 0.2) is 76.3 Å². The molecule has 0 aliphatic rings. The number of hydrazone groups is 1. The molecular formula is C26H25BrFN3O4. The van der Waals surface area contributed by atoms with E-state index in [1.165, 1.54) is 24.4 Å². The van der Waals surface area contributed by atoms with Gasteiger partial charge in [-0.25, -0.2) is 9.82 Å². The number of nitrogens with one attached hydrogen (secondary N) is 2. The molecule has 35 heavy (non-hydrogen) atoms. The van der Waals surface area contributed by atoms with Crippen LogP contribution in [0, 0.1) is 5.82 Å². The summed E-state index contributed by atoms with van der Waals surface area (Å²) in [6, 6.07) is 19.0. The van der Waals surface area contributed by atoms with Crippen molar-refractivity contribution in [1.29, 1.82) is 0 Å². The van der Waals surface area contributed by atoms with Gasteiger partial charge < -0.3 is 14.8 Å². The Labute approximate surface area is 211 Å². The molecule has 0 spiro atoms. The Morgan fingerprint density at radius 3 is 2.46 bits per heavy atom. The number of carbonyl (C=O) groups excluding carboxylic acids is 2. The lowest BCUT2D eigenvalue weighted by Crippen LogP contribution is -2.21. The number of carbonyl (C=O) groups is 2. The molecule has 3 aromatic carbocycles. The van der Waals surface area contributed by atoms with Crippen LogP contribution in [0.4, 0.5) is 10.1 Å². The Morgan fingerprint density at radius 2 is 1.71 bits per heavy atom. The van der Waals surface area contributed by atoms with Crippen LogP contribution in [0.2, 0.25) is 0 Å². The molecule has 2 amide bonds. The molecule has 0 heterocycles. The van der Waals surface area contributed by atoms with Crippen molar-refractivity contribution in [2.24, 2.45) is 5.10 Å². The van der Waals surface area contributed by atoms with Crippen molar-refractivity contribution < 1.29 is 23.5 Å². The fraction of sp³-hybridized carbons (Fsp3) is 0.192. The van der Waals surface area contributed by atoms with Crippen LogP contribution in [0.5, 0.6) is 11.5 Å². The van der Waals surface area contributed by atoms with Crippen LogP contribution < -0.4 is 20.2 Å². The first-order chi connectivity index (χ1) is 16.9. The highest BCUT2D eigenvalue weighted by molar-refractivity contribution is 9.10. The molecule has 0 atom stereocenters. The highest BCUT2D eigenvalue weighted by Gasteiger charge is 2.10. The molecule has 0 radical (unpaired) electrons. The fourth-order valence-electron chi connectivity index (χ4n) is 2.97. The average Bonchev–Trinajstić information content (AvgIpc) is 2.85. The zero-order valence-corrected chi connectivity index (χ0v) is 20.7. The van der Waals surface area contributed by atoms with Crippen molar-refractivity contribution in [1.82, 2.24) is 5.43 Å². The highest BCUT2D eigenvalue weighted by atomic mass is 79.9. The smallest absolute Gasteiger partial charge is 0.240 e. The number of halogens is 2. The van der Waals surface area contributed by atoms with E-state index in [9.17, 15) is 14.0 Å². The van der Waals surface area contributed by atoms with Crippen LogP contribution >= 0.6 is 15.9 Å². The molecule has 0 unspecified atom stereocenters. The van der Waals surface area contributed by atoms with Gasteiger partial charge >= 0.3 is 0 Å². The van der Waals surface area contributed by atoms with E-state index in [2.05, 4.69) is 31.8 Å². The Morgan fingerprint density at radius 1 is 0.971 bits per heavy atom. The van der Waals surface area contributed by atoms with E-state index < -0.39 is 17.6 Å². The summed E-state index contributed by atoms with van der Waals surface area (Å²) >= 11 is 3.41. The van der Waals surface area contributed by atoms with Gasteiger partial charge in [0.15, 0.2) is 11.5 Å². The third kappa shape index (κ3) is 8.53. The van der Waals surface area contributed by atoms with Gasteiger partial charge in [0.25, 0.3) is 0 Å². The van der Waals surface area contributed by atoms with E-state index in [0.717, 1.165) is 10.0 Å². The van der Waals surface area contributed by atoms with E-state index in [-0.39, 0.29) is 18.5 Å². The van der Waals surface area contributed by atoms with Crippen LogP contribution in [0.3, 0.4) is 0 Å². The van der Waals surface area contributed by atoms with E-state index in [4.69, 9.17) is 9.47 Å². The van der Waals surface area contributed by atoms with E-state index in [1.807, 2.05) is 31.2 Å². The molecule has 0 bridgehead atoms. The van der Waals surface area contributed by atoms with Crippen molar-refractivity contribution >= 4 is 39.6 Å². The number of anilines is 1. The standard InChI is InChI=1S/C26H25BrFN3O4/c1-2-34-24-15-19(9-12-23(24)35-17-18-7-10-20(27)11-8-18)16-29-31-26(33)14-13-25(32)30-22-6-4-3-5-21(22)28/h3-12,15-16H,2,13-14,17H2,1H3,(H,30,32)(H,31,33). The second-order valence-corrected chi connectivity index (χ2v) is 8.29. The Bertz CT molecular complexity index is 1190. The van der Waals surface area contributed by atoms with E-state index >= 15 is 0 Å². The number of nitrogens with zero attached hydrogens (tertiary/aromatic N) is 1. The molecule has 3 rings (SSSR count). The maximum atomic E-state index is 13.6. The summed E-state index contributed by atoms with van der Waals surface area (Å²) in [5.41, 5.74) is 4.17. The molecule has 0 saturated carbocycles. The molecule has 0 aliphatic heterocycles. The van der Waals surface area contributed by atoms with Crippen molar-refractivity contribution in [3.05, 3.63) is 88.1 Å². The maximum absolute atomic E-state index is 13.6. The highest BCUT2D eigenvalue weighted by Crippen LogP contribution is 2.29. The minimum atomic E-state index is -0.536. The molecule has 9 heteroatoms. The molecule has 2 N–H and O–H groups in total. The number of benzene rings is 3. The van der Waals surface area contributed by atoms with Crippen molar-refractivity contribution in [3.63, 3.8) is 0 Å². The average molecular weight is 542 g/mol. The normalized spacial score (nSPS) is 10.7. The summed E-state index contributed by atoms with van der Waals surface area (Å²) < 4.78 is 26.2. The summed E-state index contributed by atoms with van der Waals surface area (Å²) in [6.45, 7) is 2.73. The summed E-state index contributed by atoms with van der Waals surface area (Å²) in [7, 11) is 0. The first kappa shape index (κ1) is 25.9. The summed E-state index contributed by atoms with van der Waals surface area (Å²) in [5.74, 6) is -0.286. The largest absolute Gasteiger partial charge is 0.490 e. The first-order valence-corrected chi connectivity index (χ1v) is 11.7. The van der Waals surface area contributed by atoms with Gasteiger partial charge in [0.05, 0.1) is 18.5 Å². The topological polar surface area (TPSA) is 89.0 Å². The summed E-state index contributed by atoms with van der Waals surface area (Å²) in [4.78, 5) is 23.9. The van der Waals surface area contributed by atoms with Gasteiger partial charge in [-0.1, -0.05) is 40.2 Å². The molecular weight excluding hydrogens is 517 g/mol. The lowest BCUT2D eigenvalue weighted by Gasteiger charge is -2.12.